The Morgan fingerprint density at radius 3 is 2.47 bits per heavy atom. The highest BCUT2D eigenvalue weighted by atomic mass is 79.9. The predicted octanol–water partition coefficient (Wildman–Crippen LogP) is 2.41. The van der Waals surface area contributed by atoms with Gasteiger partial charge in [-0.3, -0.25) is 9.58 Å². The van der Waals surface area contributed by atoms with Gasteiger partial charge >= 0.3 is 0 Å². The van der Waals surface area contributed by atoms with E-state index in [0.717, 1.165) is 16.7 Å². The van der Waals surface area contributed by atoms with Crippen LogP contribution in [0.3, 0.4) is 0 Å². The first kappa shape index (κ1) is 15.0. The first-order chi connectivity index (χ1) is 9.02. The Morgan fingerprint density at radius 2 is 2.00 bits per heavy atom. The normalized spacial score (nSPS) is 18.4. The molecule has 0 aliphatic carbocycles. The van der Waals surface area contributed by atoms with Crippen molar-refractivity contribution in [3.05, 3.63) is 15.9 Å². The van der Waals surface area contributed by atoms with Crippen LogP contribution in [-0.4, -0.2) is 52.3 Å². The topological polar surface area (TPSA) is 24.3 Å². The maximum absolute atomic E-state index is 4.47. The highest BCUT2D eigenvalue weighted by Gasteiger charge is 2.23. The van der Waals surface area contributed by atoms with Crippen molar-refractivity contribution in [1.82, 2.24) is 19.6 Å². The summed E-state index contributed by atoms with van der Waals surface area (Å²) in [5.74, 6) is 0. The highest BCUT2D eigenvalue weighted by molar-refractivity contribution is 9.10. The fourth-order valence-corrected chi connectivity index (χ4v) is 3.35. The summed E-state index contributed by atoms with van der Waals surface area (Å²) < 4.78 is 3.16. The lowest BCUT2D eigenvalue weighted by molar-refractivity contribution is 0.125. The molecule has 2 heterocycles. The number of rotatable bonds is 4. The van der Waals surface area contributed by atoms with Gasteiger partial charge in [0.2, 0.25) is 0 Å². The molecule has 1 aromatic rings. The van der Waals surface area contributed by atoms with E-state index in [1.807, 2.05) is 18.7 Å². The Labute approximate surface area is 124 Å². The van der Waals surface area contributed by atoms with Crippen LogP contribution in [0.15, 0.2) is 4.47 Å². The van der Waals surface area contributed by atoms with Gasteiger partial charge < -0.3 is 4.90 Å². The van der Waals surface area contributed by atoms with E-state index in [-0.39, 0.29) is 0 Å². The molecule has 5 heteroatoms. The molecule has 0 bridgehead atoms. The van der Waals surface area contributed by atoms with Crippen LogP contribution in [0.4, 0.5) is 0 Å². The van der Waals surface area contributed by atoms with Crippen molar-refractivity contribution in [2.24, 2.45) is 7.05 Å². The van der Waals surface area contributed by atoms with Crippen molar-refractivity contribution >= 4 is 15.9 Å². The second-order valence-electron chi connectivity index (χ2n) is 5.55. The van der Waals surface area contributed by atoms with E-state index in [0.29, 0.717) is 6.04 Å². The number of halogens is 1. The quantitative estimate of drug-likeness (QED) is 0.848. The molecule has 0 atom stereocenters. The van der Waals surface area contributed by atoms with Gasteiger partial charge in [-0.1, -0.05) is 6.92 Å². The summed E-state index contributed by atoms with van der Waals surface area (Å²) in [6, 6.07) is 0.699. The first-order valence-electron chi connectivity index (χ1n) is 7.13. The van der Waals surface area contributed by atoms with E-state index >= 15 is 0 Å². The van der Waals surface area contributed by atoms with Crippen LogP contribution in [0.25, 0.3) is 0 Å². The lowest BCUT2D eigenvalue weighted by atomic mass is 10.0. The number of aromatic nitrogens is 2. The van der Waals surface area contributed by atoms with Crippen molar-refractivity contribution in [1.29, 1.82) is 0 Å². The molecule has 108 valence electrons. The van der Waals surface area contributed by atoms with Crippen LogP contribution < -0.4 is 0 Å². The Morgan fingerprint density at radius 1 is 1.37 bits per heavy atom. The van der Waals surface area contributed by atoms with Crippen molar-refractivity contribution in [2.45, 2.75) is 39.3 Å². The largest absolute Gasteiger partial charge is 0.303 e. The molecular weight excluding hydrogens is 304 g/mol. The van der Waals surface area contributed by atoms with Gasteiger partial charge in [-0.15, -0.1) is 0 Å². The average molecular weight is 329 g/mol. The van der Waals surface area contributed by atoms with Crippen molar-refractivity contribution in [3.8, 4) is 0 Å². The monoisotopic (exact) mass is 328 g/mol. The summed E-state index contributed by atoms with van der Waals surface area (Å²) in [6.07, 6.45) is 2.55. The molecule has 0 saturated carbocycles. The van der Waals surface area contributed by atoms with Crippen LogP contribution in [0, 0.1) is 6.92 Å². The molecule has 4 nitrogen and oxygen atoms in total. The molecule has 0 aromatic carbocycles. The Hall–Kier alpha value is -0.390. The van der Waals surface area contributed by atoms with E-state index in [4.69, 9.17) is 0 Å². The Kier molecular flexibility index (Phi) is 5.03. The van der Waals surface area contributed by atoms with Crippen LogP contribution in [-0.2, 0) is 13.6 Å². The first-order valence-corrected chi connectivity index (χ1v) is 7.92. The molecule has 2 rings (SSSR count). The zero-order valence-corrected chi connectivity index (χ0v) is 14.1. The van der Waals surface area contributed by atoms with Gasteiger partial charge in [0.05, 0.1) is 15.9 Å². The number of likely N-dealkylation sites (tertiary alicyclic amines) is 1. The lowest BCUT2D eigenvalue weighted by Gasteiger charge is -2.36. The van der Waals surface area contributed by atoms with Gasteiger partial charge in [-0.05, 0) is 62.4 Å². The van der Waals surface area contributed by atoms with Crippen LogP contribution >= 0.6 is 15.9 Å². The summed E-state index contributed by atoms with van der Waals surface area (Å²) in [7, 11) is 4.27. The Bertz CT molecular complexity index is 421. The predicted molar refractivity (Wildman–Crippen MR) is 82.2 cm³/mol. The van der Waals surface area contributed by atoms with E-state index in [1.54, 1.807) is 0 Å². The molecule has 0 radical (unpaired) electrons. The molecule has 0 spiro atoms. The lowest BCUT2D eigenvalue weighted by Crippen LogP contribution is -2.43. The van der Waals surface area contributed by atoms with Crippen LogP contribution in [0.5, 0.6) is 0 Å². The standard InChI is InChI=1S/C14H25BrN4/c1-5-19-8-6-12(7-9-19)17(3)10-13-14(15)11(2)16-18(13)4/h12H,5-10H2,1-4H3. The smallest absolute Gasteiger partial charge is 0.0739 e. The van der Waals surface area contributed by atoms with Gasteiger partial charge in [0.1, 0.15) is 0 Å². The number of hydrogen-bond acceptors (Lipinski definition) is 3. The molecule has 0 unspecified atom stereocenters. The van der Waals surface area contributed by atoms with Crippen LogP contribution in [0.1, 0.15) is 31.2 Å². The number of piperidine rings is 1. The average Bonchev–Trinajstić information content (AvgIpc) is 2.65. The van der Waals surface area contributed by atoms with Crippen molar-refractivity contribution in [3.63, 3.8) is 0 Å². The summed E-state index contributed by atoms with van der Waals surface area (Å²) >= 11 is 3.66. The van der Waals surface area contributed by atoms with Gasteiger partial charge in [0, 0.05) is 19.6 Å². The minimum atomic E-state index is 0.699. The number of aryl methyl sites for hydroxylation is 2. The van der Waals surface area contributed by atoms with Gasteiger partial charge in [0.25, 0.3) is 0 Å². The fourth-order valence-electron chi connectivity index (χ4n) is 2.89. The molecule has 1 aromatic heterocycles. The second-order valence-corrected chi connectivity index (χ2v) is 6.34. The SMILES string of the molecule is CCN1CCC(N(C)Cc2c(Br)c(C)nn2C)CC1. The summed E-state index contributed by atoms with van der Waals surface area (Å²) in [6.45, 7) is 8.92. The van der Waals surface area contributed by atoms with E-state index in [9.17, 15) is 0 Å². The summed E-state index contributed by atoms with van der Waals surface area (Å²) in [5, 5.41) is 4.47. The highest BCUT2D eigenvalue weighted by Crippen LogP contribution is 2.23. The minimum absolute atomic E-state index is 0.699. The maximum atomic E-state index is 4.47. The van der Waals surface area contributed by atoms with Crippen LogP contribution in [0.2, 0.25) is 0 Å². The van der Waals surface area contributed by atoms with Gasteiger partial charge in [-0.2, -0.15) is 5.10 Å². The van der Waals surface area contributed by atoms with E-state index < -0.39 is 0 Å². The molecule has 0 N–H and O–H groups in total. The molecule has 1 fully saturated rings. The number of nitrogens with zero attached hydrogens (tertiary/aromatic N) is 4. The van der Waals surface area contributed by atoms with E-state index in [2.05, 4.69) is 44.8 Å². The molecule has 0 amide bonds. The molecule has 1 aliphatic rings. The maximum Gasteiger partial charge on any atom is 0.0739 e. The molecule has 19 heavy (non-hydrogen) atoms. The zero-order valence-electron chi connectivity index (χ0n) is 12.5. The van der Waals surface area contributed by atoms with Crippen molar-refractivity contribution < 1.29 is 0 Å². The Balaban J connectivity index is 1.96. The molecular formula is C14H25BrN4. The van der Waals surface area contributed by atoms with Crippen molar-refractivity contribution in [2.75, 3.05) is 26.7 Å². The third-order valence-corrected chi connectivity index (χ3v) is 5.32. The van der Waals surface area contributed by atoms with E-state index in [1.165, 1.54) is 38.2 Å². The molecule has 1 aliphatic heterocycles. The van der Waals surface area contributed by atoms with Gasteiger partial charge in [0.15, 0.2) is 0 Å². The molecule has 1 saturated heterocycles. The summed E-state index contributed by atoms with van der Waals surface area (Å²) in [5.41, 5.74) is 2.35. The second kappa shape index (κ2) is 6.37. The summed E-state index contributed by atoms with van der Waals surface area (Å²) in [4.78, 5) is 5.02. The third-order valence-electron chi connectivity index (χ3n) is 4.29. The number of hydrogen-bond donors (Lipinski definition) is 0. The van der Waals surface area contributed by atoms with Gasteiger partial charge in [-0.25, -0.2) is 0 Å². The third kappa shape index (κ3) is 3.38. The minimum Gasteiger partial charge on any atom is -0.303 e. The zero-order chi connectivity index (χ0) is 14.0. The fraction of sp³-hybridized carbons (Fsp3) is 0.786.